The quantitative estimate of drug-likeness (QED) is 0.738. The lowest BCUT2D eigenvalue weighted by Gasteiger charge is -2.17. The third kappa shape index (κ3) is 2.95. The van der Waals surface area contributed by atoms with Crippen LogP contribution in [0.5, 0.6) is 5.88 Å². The molecule has 24 heavy (non-hydrogen) atoms. The molecular weight excluding hydrogens is 304 g/mol. The first kappa shape index (κ1) is 14.7. The van der Waals surface area contributed by atoms with Gasteiger partial charge in [0.1, 0.15) is 12.6 Å². The van der Waals surface area contributed by atoms with Gasteiger partial charge in [0.25, 0.3) is 0 Å². The van der Waals surface area contributed by atoms with E-state index in [9.17, 15) is 4.79 Å². The number of amides is 1. The lowest BCUT2D eigenvalue weighted by molar-refractivity contribution is -0.131. The van der Waals surface area contributed by atoms with Crippen LogP contribution in [-0.4, -0.2) is 44.5 Å². The molecule has 1 aliphatic rings. The normalized spacial score (nSPS) is 17.3. The van der Waals surface area contributed by atoms with Crippen molar-refractivity contribution in [2.45, 2.75) is 19.1 Å². The molecule has 1 saturated heterocycles. The van der Waals surface area contributed by atoms with Crippen molar-refractivity contribution >= 4 is 16.8 Å². The summed E-state index contributed by atoms with van der Waals surface area (Å²) in [5, 5.41) is 1.15. The molecule has 0 N–H and O–H groups in total. The van der Waals surface area contributed by atoms with Gasteiger partial charge in [-0.15, -0.1) is 0 Å². The molecule has 0 spiro atoms. The highest BCUT2D eigenvalue weighted by Gasteiger charge is 2.28. The fourth-order valence-electron chi connectivity index (χ4n) is 3.09. The van der Waals surface area contributed by atoms with Gasteiger partial charge in [-0.25, -0.2) is 4.98 Å². The number of carbonyl (C=O) groups is 1. The van der Waals surface area contributed by atoms with Crippen molar-refractivity contribution < 1.29 is 9.53 Å². The molecule has 0 aliphatic carbocycles. The summed E-state index contributed by atoms with van der Waals surface area (Å²) < 4.78 is 7.78. The minimum atomic E-state index is -0.0212. The number of likely N-dealkylation sites (tertiary alicyclic amines) is 1. The van der Waals surface area contributed by atoms with Gasteiger partial charge >= 0.3 is 0 Å². The largest absolute Gasteiger partial charge is 0.471 e. The first-order chi connectivity index (χ1) is 11.8. The van der Waals surface area contributed by atoms with Crippen LogP contribution in [0.4, 0.5) is 0 Å². The van der Waals surface area contributed by atoms with Gasteiger partial charge in [0.05, 0.1) is 12.7 Å². The van der Waals surface area contributed by atoms with E-state index in [1.54, 1.807) is 18.6 Å². The van der Waals surface area contributed by atoms with E-state index in [1.165, 1.54) is 0 Å². The average molecular weight is 322 g/mol. The van der Waals surface area contributed by atoms with Crippen LogP contribution < -0.4 is 4.74 Å². The Morgan fingerprint density at radius 3 is 3.04 bits per heavy atom. The SMILES string of the molecule is O=C(Cn1ccc2ccccc21)N1CC[C@@H](Oc2cnccn2)C1. The fourth-order valence-corrected chi connectivity index (χ4v) is 3.09. The minimum absolute atomic E-state index is 0.0212. The number of rotatable bonds is 4. The highest BCUT2D eigenvalue weighted by Crippen LogP contribution is 2.18. The zero-order valence-corrected chi connectivity index (χ0v) is 13.2. The van der Waals surface area contributed by atoms with Gasteiger partial charge in [-0.05, 0) is 17.5 Å². The van der Waals surface area contributed by atoms with Crippen LogP contribution in [-0.2, 0) is 11.3 Å². The third-order valence-electron chi connectivity index (χ3n) is 4.31. The second-order valence-electron chi connectivity index (χ2n) is 5.91. The lowest BCUT2D eigenvalue weighted by atomic mass is 10.2. The zero-order valence-electron chi connectivity index (χ0n) is 13.2. The van der Waals surface area contributed by atoms with Crippen molar-refractivity contribution in [2.24, 2.45) is 0 Å². The lowest BCUT2D eigenvalue weighted by Crippen LogP contribution is -2.33. The van der Waals surface area contributed by atoms with Crippen LogP contribution in [0.3, 0.4) is 0 Å². The smallest absolute Gasteiger partial charge is 0.242 e. The molecule has 0 unspecified atom stereocenters. The molecule has 6 heteroatoms. The number of aromatic nitrogens is 3. The van der Waals surface area contributed by atoms with E-state index in [1.807, 2.05) is 39.9 Å². The first-order valence-corrected chi connectivity index (χ1v) is 8.04. The second kappa shape index (κ2) is 6.31. The maximum Gasteiger partial charge on any atom is 0.242 e. The summed E-state index contributed by atoms with van der Waals surface area (Å²) in [4.78, 5) is 22.5. The monoisotopic (exact) mass is 322 g/mol. The Labute approximate surface area is 139 Å². The predicted molar refractivity (Wildman–Crippen MR) is 89.6 cm³/mol. The Morgan fingerprint density at radius 1 is 1.25 bits per heavy atom. The summed E-state index contributed by atoms with van der Waals surface area (Å²) >= 11 is 0. The maximum atomic E-state index is 12.6. The maximum absolute atomic E-state index is 12.6. The molecule has 1 amide bonds. The predicted octanol–water partition coefficient (Wildman–Crippen LogP) is 2.11. The Kier molecular flexibility index (Phi) is 3.86. The van der Waals surface area contributed by atoms with E-state index in [0.717, 1.165) is 17.3 Å². The minimum Gasteiger partial charge on any atom is -0.471 e. The molecule has 2 aromatic heterocycles. The Hall–Kier alpha value is -2.89. The average Bonchev–Trinajstić information content (AvgIpc) is 3.24. The summed E-state index contributed by atoms with van der Waals surface area (Å²) in [7, 11) is 0. The van der Waals surface area contributed by atoms with Crippen LogP contribution in [0.1, 0.15) is 6.42 Å². The van der Waals surface area contributed by atoms with Gasteiger partial charge in [-0.3, -0.25) is 9.78 Å². The van der Waals surface area contributed by atoms with Gasteiger partial charge < -0.3 is 14.2 Å². The number of fused-ring (bicyclic) bond motifs is 1. The summed E-state index contributed by atoms with van der Waals surface area (Å²) in [5.41, 5.74) is 1.08. The topological polar surface area (TPSA) is 60.2 Å². The van der Waals surface area contributed by atoms with E-state index < -0.39 is 0 Å². The van der Waals surface area contributed by atoms with Crippen LogP contribution in [0.25, 0.3) is 10.9 Å². The number of hydrogen-bond donors (Lipinski definition) is 0. The molecule has 1 aromatic carbocycles. The molecule has 0 radical (unpaired) electrons. The number of hydrogen-bond acceptors (Lipinski definition) is 4. The molecule has 1 fully saturated rings. The van der Waals surface area contributed by atoms with E-state index in [-0.39, 0.29) is 12.0 Å². The molecule has 1 atom stereocenters. The number of nitrogens with zero attached hydrogens (tertiary/aromatic N) is 4. The van der Waals surface area contributed by atoms with Gasteiger partial charge in [-0.1, -0.05) is 18.2 Å². The number of para-hydroxylation sites is 1. The van der Waals surface area contributed by atoms with Crippen LogP contribution in [0.15, 0.2) is 55.1 Å². The van der Waals surface area contributed by atoms with Crippen molar-refractivity contribution in [2.75, 3.05) is 13.1 Å². The first-order valence-electron chi connectivity index (χ1n) is 8.04. The summed E-state index contributed by atoms with van der Waals surface area (Å²) in [6, 6.07) is 10.1. The van der Waals surface area contributed by atoms with Crippen molar-refractivity contribution in [1.82, 2.24) is 19.4 Å². The van der Waals surface area contributed by atoms with Crippen molar-refractivity contribution in [3.63, 3.8) is 0 Å². The van der Waals surface area contributed by atoms with E-state index in [4.69, 9.17) is 4.74 Å². The molecule has 1 aliphatic heterocycles. The highest BCUT2D eigenvalue weighted by molar-refractivity contribution is 5.83. The molecule has 4 rings (SSSR count). The molecule has 3 aromatic rings. The summed E-state index contributed by atoms with van der Waals surface area (Å²) in [6.45, 7) is 1.66. The Balaban J connectivity index is 1.39. The summed E-state index contributed by atoms with van der Waals surface area (Å²) in [6.07, 6.45) is 7.56. The molecule has 122 valence electrons. The highest BCUT2D eigenvalue weighted by atomic mass is 16.5. The third-order valence-corrected chi connectivity index (χ3v) is 4.31. The van der Waals surface area contributed by atoms with Crippen LogP contribution in [0, 0.1) is 0 Å². The zero-order chi connectivity index (χ0) is 16.4. The van der Waals surface area contributed by atoms with Crippen LogP contribution in [0.2, 0.25) is 0 Å². The van der Waals surface area contributed by atoms with Crippen LogP contribution >= 0.6 is 0 Å². The number of carbonyl (C=O) groups excluding carboxylic acids is 1. The van der Waals surface area contributed by atoms with E-state index >= 15 is 0 Å². The molecule has 0 saturated carbocycles. The molecule has 3 heterocycles. The van der Waals surface area contributed by atoms with Crippen molar-refractivity contribution in [1.29, 1.82) is 0 Å². The van der Waals surface area contributed by atoms with Crippen molar-refractivity contribution in [3.05, 3.63) is 55.1 Å². The van der Waals surface area contributed by atoms with Gasteiger partial charge in [0, 0.05) is 37.1 Å². The van der Waals surface area contributed by atoms with E-state index in [2.05, 4.69) is 16.0 Å². The van der Waals surface area contributed by atoms with Gasteiger partial charge in [0.15, 0.2) is 0 Å². The fraction of sp³-hybridized carbons (Fsp3) is 0.278. The summed E-state index contributed by atoms with van der Waals surface area (Å²) in [5.74, 6) is 0.620. The Morgan fingerprint density at radius 2 is 2.17 bits per heavy atom. The van der Waals surface area contributed by atoms with E-state index in [0.29, 0.717) is 25.5 Å². The second-order valence-corrected chi connectivity index (χ2v) is 5.91. The standard InChI is InChI=1S/C18H18N4O2/c23-18(13-21-9-5-14-3-1-2-4-16(14)21)22-10-6-15(12-22)24-17-11-19-7-8-20-17/h1-5,7-9,11,15H,6,10,12-13H2/t15-/m1/s1. The molecular formula is C18H18N4O2. The van der Waals surface area contributed by atoms with Crippen molar-refractivity contribution in [3.8, 4) is 5.88 Å². The Bertz CT molecular complexity index is 846. The molecule has 6 nitrogen and oxygen atoms in total. The van der Waals surface area contributed by atoms with Gasteiger partial charge in [0.2, 0.25) is 11.8 Å². The number of ether oxygens (including phenoxy) is 1. The molecule has 0 bridgehead atoms. The number of benzene rings is 1. The van der Waals surface area contributed by atoms with Gasteiger partial charge in [-0.2, -0.15) is 0 Å².